The van der Waals surface area contributed by atoms with Crippen LogP contribution in [0.1, 0.15) is 18.5 Å². The van der Waals surface area contributed by atoms with Crippen molar-refractivity contribution in [2.45, 2.75) is 13.0 Å². The lowest BCUT2D eigenvalue weighted by molar-refractivity contribution is -0.116. The summed E-state index contributed by atoms with van der Waals surface area (Å²) in [6, 6.07) is 10.9. The maximum atomic E-state index is 10.8. The Bertz CT molecular complexity index is 446. The third-order valence-electron chi connectivity index (χ3n) is 4.23. The Kier molecular flexibility index (Phi) is 2.55. The molecule has 3 rings (SSSR count). The molecule has 1 unspecified atom stereocenters. The van der Waals surface area contributed by atoms with E-state index in [1.54, 1.807) is 0 Å². The van der Waals surface area contributed by atoms with Crippen molar-refractivity contribution >= 4 is 6.09 Å². The van der Waals surface area contributed by atoms with Gasteiger partial charge in [0.05, 0.1) is 0 Å². The first kappa shape index (κ1) is 11.5. The second kappa shape index (κ2) is 3.99. The van der Waals surface area contributed by atoms with Crippen molar-refractivity contribution in [2.75, 3.05) is 26.2 Å². The molecule has 1 amide bonds. The van der Waals surface area contributed by atoms with Gasteiger partial charge in [0.2, 0.25) is 0 Å². The summed E-state index contributed by atoms with van der Waals surface area (Å²) in [6.07, 6.45) is -0.782. The average Bonchev–Trinajstić information content (AvgIpc) is 2.25. The number of hydrogen-bond acceptors (Lipinski definition) is 2. The van der Waals surface area contributed by atoms with Crippen LogP contribution in [-0.4, -0.2) is 47.2 Å². The fourth-order valence-corrected chi connectivity index (χ4v) is 3.13. The topological polar surface area (TPSA) is 43.8 Å². The Hall–Kier alpha value is -1.55. The smallest absolute Gasteiger partial charge is 0.407 e. The van der Waals surface area contributed by atoms with Crippen LogP contribution in [0.5, 0.6) is 0 Å². The predicted molar refractivity (Wildman–Crippen MR) is 68.5 cm³/mol. The van der Waals surface area contributed by atoms with Crippen LogP contribution in [0, 0.1) is 5.41 Å². The third-order valence-corrected chi connectivity index (χ3v) is 4.23. The molecule has 2 aliphatic rings. The molecule has 0 bridgehead atoms. The molecule has 0 radical (unpaired) electrons. The molecule has 2 aliphatic heterocycles. The summed E-state index contributed by atoms with van der Waals surface area (Å²) < 4.78 is 0. The molecule has 0 aliphatic carbocycles. The van der Waals surface area contributed by atoms with Crippen molar-refractivity contribution < 1.29 is 9.90 Å². The minimum atomic E-state index is -0.782. The minimum absolute atomic E-state index is 0.251. The number of likely N-dealkylation sites (tertiary alicyclic amines) is 2. The van der Waals surface area contributed by atoms with Crippen LogP contribution >= 0.6 is 0 Å². The van der Waals surface area contributed by atoms with E-state index in [2.05, 4.69) is 36.1 Å². The van der Waals surface area contributed by atoms with Crippen LogP contribution in [0.3, 0.4) is 0 Å². The summed E-state index contributed by atoms with van der Waals surface area (Å²) in [5.41, 5.74) is 1.59. The van der Waals surface area contributed by atoms with Gasteiger partial charge in [0.1, 0.15) is 0 Å². The van der Waals surface area contributed by atoms with Gasteiger partial charge in [0, 0.05) is 37.6 Å². The highest BCUT2D eigenvalue weighted by molar-refractivity contribution is 5.66. The molecular formula is C14H18N2O2. The Morgan fingerprint density at radius 2 is 1.83 bits per heavy atom. The number of amides is 1. The van der Waals surface area contributed by atoms with E-state index in [1.165, 1.54) is 10.5 Å². The maximum absolute atomic E-state index is 10.8. The molecule has 0 aromatic heterocycles. The normalized spacial score (nSPS) is 23.3. The molecule has 4 nitrogen and oxygen atoms in total. The number of carbonyl (C=O) groups is 1. The molecule has 1 N–H and O–H groups in total. The van der Waals surface area contributed by atoms with Crippen LogP contribution < -0.4 is 0 Å². The first-order valence-corrected chi connectivity index (χ1v) is 6.37. The monoisotopic (exact) mass is 246 g/mol. The molecule has 96 valence electrons. The van der Waals surface area contributed by atoms with Crippen molar-refractivity contribution in [2.24, 2.45) is 5.41 Å². The molecule has 1 aromatic carbocycles. The number of carboxylic acid groups (broad SMARTS) is 1. The van der Waals surface area contributed by atoms with Gasteiger partial charge in [-0.15, -0.1) is 0 Å². The van der Waals surface area contributed by atoms with Crippen molar-refractivity contribution in [3.05, 3.63) is 35.9 Å². The fourth-order valence-electron chi connectivity index (χ4n) is 3.13. The Morgan fingerprint density at radius 3 is 2.39 bits per heavy atom. The maximum Gasteiger partial charge on any atom is 0.407 e. The molecule has 2 heterocycles. The molecule has 0 saturated carbocycles. The molecule has 18 heavy (non-hydrogen) atoms. The van der Waals surface area contributed by atoms with Crippen molar-refractivity contribution in [1.82, 2.24) is 9.80 Å². The molecule has 2 saturated heterocycles. The van der Waals surface area contributed by atoms with Gasteiger partial charge < -0.3 is 10.0 Å². The zero-order valence-electron chi connectivity index (χ0n) is 10.5. The highest BCUT2D eigenvalue weighted by Crippen LogP contribution is 2.43. The molecule has 1 spiro atoms. The van der Waals surface area contributed by atoms with Gasteiger partial charge in [0.15, 0.2) is 0 Å². The van der Waals surface area contributed by atoms with Crippen molar-refractivity contribution in [1.29, 1.82) is 0 Å². The van der Waals surface area contributed by atoms with Gasteiger partial charge in [-0.2, -0.15) is 0 Å². The van der Waals surface area contributed by atoms with Crippen LogP contribution in [0.2, 0.25) is 0 Å². The first-order chi connectivity index (χ1) is 8.60. The average molecular weight is 246 g/mol. The molecule has 2 fully saturated rings. The fraction of sp³-hybridized carbons (Fsp3) is 0.500. The number of benzene rings is 1. The Labute approximate surface area is 107 Å². The number of hydrogen-bond donors (Lipinski definition) is 1. The second-order valence-electron chi connectivity index (χ2n) is 5.63. The van der Waals surface area contributed by atoms with Crippen LogP contribution in [0.25, 0.3) is 0 Å². The summed E-state index contributed by atoms with van der Waals surface area (Å²) >= 11 is 0. The SMILES string of the molecule is CC(c1ccccc1)N1CC2(CN(C(=O)O)C2)C1. The predicted octanol–water partition coefficient (Wildman–Crippen LogP) is 2.04. The Morgan fingerprint density at radius 1 is 1.22 bits per heavy atom. The lowest BCUT2D eigenvalue weighted by atomic mass is 9.72. The lowest BCUT2D eigenvalue weighted by Gasteiger charge is -2.61. The molecular weight excluding hydrogens is 228 g/mol. The zero-order chi connectivity index (χ0) is 12.8. The third kappa shape index (κ3) is 1.77. The minimum Gasteiger partial charge on any atom is -0.465 e. The highest BCUT2D eigenvalue weighted by Gasteiger charge is 2.54. The summed E-state index contributed by atoms with van der Waals surface area (Å²) in [4.78, 5) is 14.7. The van der Waals surface area contributed by atoms with E-state index in [9.17, 15) is 4.79 Å². The molecule has 1 atom stereocenters. The summed E-state index contributed by atoms with van der Waals surface area (Å²) in [5, 5.41) is 8.85. The van der Waals surface area contributed by atoms with E-state index in [1.807, 2.05) is 6.07 Å². The quantitative estimate of drug-likeness (QED) is 0.868. The largest absolute Gasteiger partial charge is 0.465 e. The number of nitrogens with zero attached hydrogens (tertiary/aromatic N) is 2. The standard InChI is InChI=1S/C14H18N2O2/c1-11(12-5-3-2-4-6-12)15-7-14(8-15)9-16(10-14)13(17)18/h2-6,11H,7-10H2,1H3,(H,17,18). The highest BCUT2D eigenvalue weighted by atomic mass is 16.4. The van der Waals surface area contributed by atoms with Crippen LogP contribution in [0.4, 0.5) is 4.79 Å². The van der Waals surface area contributed by atoms with Gasteiger partial charge in [-0.05, 0) is 12.5 Å². The van der Waals surface area contributed by atoms with Gasteiger partial charge in [-0.25, -0.2) is 4.79 Å². The second-order valence-corrected chi connectivity index (χ2v) is 5.63. The van der Waals surface area contributed by atoms with Gasteiger partial charge in [0.25, 0.3) is 0 Å². The van der Waals surface area contributed by atoms with Gasteiger partial charge in [-0.1, -0.05) is 30.3 Å². The summed E-state index contributed by atoms with van der Waals surface area (Å²) in [5.74, 6) is 0. The van der Waals surface area contributed by atoms with E-state index in [0.29, 0.717) is 19.1 Å². The molecule has 1 aromatic rings. The Balaban J connectivity index is 1.56. The zero-order valence-corrected chi connectivity index (χ0v) is 10.5. The van der Waals surface area contributed by atoms with E-state index in [0.717, 1.165) is 13.1 Å². The van der Waals surface area contributed by atoms with Gasteiger partial charge >= 0.3 is 6.09 Å². The first-order valence-electron chi connectivity index (χ1n) is 6.37. The van der Waals surface area contributed by atoms with Crippen molar-refractivity contribution in [3.8, 4) is 0 Å². The van der Waals surface area contributed by atoms with E-state index >= 15 is 0 Å². The summed E-state index contributed by atoms with van der Waals surface area (Å²) in [7, 11) is 0. The lowest BCUT2D eigenvalue weighted by Crippen LogP contribution is -2.72. The van der Waals surface area contributed by atoms with Crippen LogP contribution in [-0.2, 0) is 0 Å². The van der Waals surface area contributed by atoms with Gasteiger partial charge in [-0.3, -0.25) is 4.90 Å². The van der Waals surface area contributed by atoms with Crippen molar-refractivity contribution in [3.63, 3.8) is 0 Å². The summed E-state index contributed by atoms with van der Waals surface area (Å²) in [6.45, 7) is 5.68. The number of rotatable bonds is 2. The van der Waals surface area contributed by atoms with E-state index < -0.39 is 6.09 Å². The van der Waals surface area contributed by atoms with Crippen LogP contribution in [0.15, 0.2) is 30.3 Å². The van der Waals surface area contributed by atoms with E-state index in [4.69, 9.17) is 5.11 Å². The van der Waals surface area contributed by atoms with E-state index in [-0.39, 0.29) is 5.41 Å². The molecule has 4 heteroatoms.